The molecule has 3 aromatic rings. The van der Waals surface area contributed by atoms with E-state index >= 15 is 0 Å². The lowest BCUT2D eigenvalue weighted by Gasteiger charge is -2.11. The van der Waals surface area contributed by atoms with Crippen LogP contribution in [0.25, 0.3) is 11.0 Å². The van der Waals surface area contributed by atoms with Crippen molar-refractivity contribution in [3.8, 4) is 0 Å². The van der Waals surface area contributed by atoms with E-state index in [0.717, 1.165) is 24.3 Å². The van der Waals surface area contributed by atoms with E-state index in [1.807, 2.05) is 30.5 Å². The number of carbonyl (C=O) groups is 1. The molecule has 0 unspecified atom stereocenters. The first-order valence-corrected chi connectivity index (χ1v) is 8.41. The Bertz CT molecular complexity index is 942. The zero-order valence-corrected chi connectivity index (χ0v) is 14.4. The molecule has 0 aromatic carbocycles. The van der Waals surface area contributed by atoms with Crippen LogP contribution >= 0.6 is 0 Å². The number of amides is 1. The van der Waals surface area contributed by atoms with E-state index in [9.17, 15) is 9.59 Å². The summed E-state index contributed by atoms with van der Waals surface area (Å²) in [5.41, 5.74) is 1.32. The van der Waals surface area contributed by atoms with Crippen LogP contribution < -0.4 is 10.7 Å². The molecule has 0 aliphatic heterocycles. The van der Waals surface area contributed by atoms with E-state index < -0.39 is 0 Å². The summed E-state index contributed by atoms with van der Waals surface area (Å²) in [5, 5.41) is 3.28. The molecule has 3 rings (SSSR count). The highest BCUT2D eigenvalue weighted by Gasteiger charge is 2.15. The summed E-state index contributed by atoms with van der Waals surface area (Å²) in [6, 6.07) is 7.26. The molecule has 1 amide bonds. The lowest BCUT2D eigenvalue weighted by Crippen LogP contribution is -2.31. The Balaban J connectivity index is 1.78. The molecular weight excluding hydrogens is 318 g/mol. The number of carbonyl (C=O) groups excluding carboxylic acids is 1. The Labute approximate surface area is 145 Å². The SMILES string of the molecule is CCn1cc(C(=O)NCCCc2ccco2)c(=O)c2ccc(C)nc21. The van der Waals surface area contributed by atoms with Gasteiger partial charge in [-0.15, -0.1) is 0 Å². The van der Waals surface area contributed by atoms with Crippen molar-refractivity contribution in [3.05, 3.63) is 64.0 Å². The van der Waals surface area contributed by atoms with Crippen molar-refractivity contribution in [1.29, 1.82) is 0 Å². The van der Waals surface area contributed by atoms with Gasteiger partial charge < -0.3 is 14.3 Å². The number of fused-ring (bicyclic) bond motifs is 1. The van der Waals surface area contributed by atoms with Crippen LogP contribution in [0, 0.1) is 6.92 Å². The molecule has 130 valence electrons. The molecule has 3 aromatic heterocycles. The van der Waals surface area contributed by atoms with Gasteiger partial charge in [0.1, 0.15) is 17.0 Å². The molecule has 3 heterocycles. The Morgan fingerprint density at radius 2 is 2.16 bits per heavy atom. The smallest absolute Gasteiger partial charge is 0.256 e. The maximum Gasteiger partial charge on any atom is 0.256 e. The van der Waals surface area contributed by atoms with Crippen molar-refractivity contribution in [2.45, 2.75) is 33.2 Å². The van der Waals surface area contributed by atoms with Gasteiger partial charge >= 0.3 is 0 Å². The molecule has 0 saturated heterocycles. The standard InChI is InChI=1S/C19H21N3O3/c1-3-22-12-16(17(23)15-9-8-13(2)21-18(15)22)19(24)20-10-4-6-14-7-5-11-25-14/h5,7-9,11-12H,3-4,6,10H2,1-2H3,(H,20,24). The summed E-state index contributed by atoms with van der Waals surface area (Å²) in [4.78, 5) is 29.5. The van der Waals surface area contributed by atoms with Crippen LogP contribution in [0.15, 0.2) is 45.9 Å². The minimum Gasteiger partial charge on any atom is -0.469 e. The molecule has 0 fully saturated rings. The van der Waals surface area contributed by atoms with Gasteiger partial charge in [-0.1, -0.05) is 0 Å². The zero-order chi connectivity index (χ0) is 17.8. The lowest BCUT2D eigenvalue weighted by molar-refractivity contribution is 0.0951. The third-order valence-corrected chi connectivity index (χ3v) is 4.11. The minimum absolute atomic E-state index is 0.151. The third-order valence-electron chi connectivity index (χ3n) is 4.11. The van der Waals surface area contributed by atoms with Gasteiger partial charge in [0.2, 0.25) is 5.43 Å². The zero-order valence-electron chi connectivity index (χ0n) is 14.4. The van der Waals surface area contributed by atoms with E-state index in [0.29, 0.717) is 24.1 Å². The molecule has 0 spiro atoms. The van der Waals surface area contributed by atoms with Crippen molar-refractivity contribution in [2.75, 3.05) is 6.54 Å². The van der Waals surface area contributed by atoms with Crippen LogP contribution in [0.4, 0.5) is 0 Å². The van der Waals surface area contributed by atoms with Gasteiger partial charge in [0, 0.05) is 31.4 Å². The number of pyridine rings is 2. The van der Waals surface area contributed by atoms with Crippen LogP contribution in [0.1, 0.15) is 35.2 Å². The van der Waals surface area contributed by atoms with Gasteiger partial charge in [-0.2, -0.15) is 0 Å². The van der Waals surface area contributed by atoms with Gasteiger partial charge in [0.25, 0.3) is 5.91 Å². The Kier molecular flexibility index (Phi) is 4.97. The van der Waals surface area contributed by atoms with Crippen molar-refractivity contribution in [1.82, 2.24) is 14.9 Å². The Morgan fingerprint density at radius 1 is 1.32 bits per heavy atom. The second kappa shape index (κ2) is 7.34. The fraction of sp³-hybridized carbons (Fsp3) is 0.316. The van der Waals surface area contributed by atoms with E-state index in [2.05, 4.69) is 10.3 Å². The predicted molar refractivity (Wildman–Crippen MR) is 95.8 cm³/mol. The van der Waals surface area contributed by atoms with E-state index in [-0.39, 0.29) is 16.9 Å². The number of nitrogens with one attached hydrogen (secondary N) is 1. The molecule has 0 aliphatic carbocycles. The summed E-state index contributed by atoms with van der Waals surface area (Å²) in [5.74, 6) is 0.531. The first kappa shape index (κ1) is 17.0. The summed E-state index contributed by atoms with van der Waals surface area (Å²) in [6.45, 7) is 4.95. The van der Waals surface area contributed by atoms with Crippen molar-refractivity contribution in [3.63, 3.8) is 0 Å². The highest BCUT2D eigenvalue weighted by Crippen LogP contribution is 2.11. The fourth-order valence-corrected chi connectivity index (χ4v) is 2.78. The fourth-order valence-electron chi connectivity index (χ4n) is 2.78. The molecule has 0 radical (unpaired) electrons. The summed E-state index contributed by atoms with van der Waals surface area (Å²) in [6.07, 6.45) is 4.72. The predicted octanol–water partition coefficient (Wildman–Crippen LogP) is 2.68. The van der Waals surface area contributed by atoms with Gasteiger partial charge in [0.15, 0.2) is 0 Å². The topological polar surface area (TPSA) is 77.1 Å². The number of nitrogens with zero attached hydrogens (tertiary/aromatic N) is 2. The average Bonchev–Trinajstić information content (AvgIpc) is 3.12. The third kappa shape index (κ3) is 3.63. The van der Waals surface area contributed by atoms with Gasteiger partial charge in [-0.25, -0.2) is 4.98 Å². The van der Waals surface area contributed by atoms with E-state index in [4.69, 9.17) is 4.42 Å². The minimum atomic E-state index is -0.353. The molecule has 0 bridgehead atoms. The van der Waals surface area contributed by atoms with E-state index in [1.165, 1.54) is 0 Å². The average molecular weight is 339 g/mol. The summed E-state index contributed by atoms with van der Waals surface area (Å²) >= 11 is 0. The van der Waals surface area contributed by atoms with Crippen LogP contribution in [0.3, 0.4) is 0 Å². The summed E-state index contributed by atoms with van der Waals surface area (Å²) in [7, 11) is 0. The second-order valence-electron chi connectivity index (χ2n) is 5.92. The van der Waals surface area contributed by atoms with Crippen LogP contribution in [-0.4, -0.2) is 22.0 Å². The molecule has 0 aliphatic rings. The van der Waals surface area contributed by atoms with Crippen molar-refractivity contribution < 1.29 is 9.21 Å². The van der Waals surface area contributed by atoms with Crippen LogP contribution in [0.5, 0.6) is 0 Å². The number of hydrogen-bond acceptors (Lipinski definition) is 4. The van der Waals surface area contributed by atoms with Crippen LogP contribution in [-0.2, 0) is 13.0 Å². The number of furan rings is 1. The van der Waals surface area contributed by atoms with Gasteiger partial charge in [0.05, 0.1) is 11.6 Å². The first-order valence-electron chi connectivity index (χ1n) is 8.41. The highest BCUT2D eigenvalue weighted by molar-refractivity contribution is 5.96. The van der Waals surface area contributed by atoms with Gasteiger partial charge in [-0.05, 0) is 44.5 Å². The van der Waals surface area contributed by atoms with Crippen LogP contribution in [0.2, 0.25) is 0 Å². The lowest BCUT2D eigenvalue weighted by atomic mass is 10.1. The first-order chi connectivity index (χ1) is 12.1. The van der Waals surface area contributed by atoms with E-state index in [1.54, 1.807) is 24.6 Å². The van der Waals surface area contributed by atoms with Gasteiger partial charge in [-0.3, -0.25) is 9.59 Å². The molecule has 0 atom stereocenters. The maximum atomic E-state index is 12.6. The number of aromatic nitrogens is 2. The second-order valence-corrected chi connectivity index (χ2v) is 5.92. The Morgan fingerprint density at radius 3 is 2.88 bits per heavy atom. The highest BCUT2D eigenvalue weighted by atomic mass is 16.3. The monoisotopic (exact) mass is 339 g/mol. The number of hydrogen-bond donors (Lipinski definition) is 1. The summed E-state index contributed by atoms with van der Waals surface area (Å²) < 4.78 is 7.09. The van der Waals surface area contributed by atoms with Crippen molar-refractivity contribution >= 4 is 16.9 Å². The maximum absolute atomic E-state index is 12.6. The molecule has 6 heteroatoms. The molecule has 0 saturated carbocycles. The largest absolute Gasteiger partial charge is 0.469 e. The molecule has 1 N–H and O–H groups in total. The number of aryl methyl sites for hydroxylation is 3. The molecule has 6 nitrogen and oxygen atoms in total. The molecular formula is C19H21N3O3. The Hall–Kier alpha value is -2.89. The normalized spacial score (nSPS) is 11.0. The molecule has 25 heavy (non-hydrogen) atoms. The quantitative estimate of drug-likeness (QED) is 0.701. The van der Waals surface area contributed by atoms with Crippen molar-refractivity contribution in [2.24, 2.45) is 0 Å². The number of rotatable bonds is 6.